The van der Waals surface area contributed by atoms with Gasteiger partial charge in [0.05, 0.1) is 0 Å². The van der Waals surface area contributed by atoms with E-state index in [-0.39, 0.29) is 5.91 Å². The molecule has 0 aliphatic heterocycles. The Morgan fingerprint density at radius 3 is 2.42 bits per heavy atom. The Bertz CT molecular complexity index is 796. The van der Waals surface area contributed by atoms with Gasteiger partial charge in [-0.15, -0.1) is 13.2 Å². The Morgan fingerprint density at radius 1 is 1.15 bits per heavy atom. The number of benzene rings is 2. The van der Waals surface area contributed by atoms with Crippen molar-refractivity contribution in [3.63, 3.8) is 0 Å². The summed E-state index contributed by atoms with van der Waals surface area (Å²) in [5.74, 6) is 0.292. The lowest BCUT2D eigenvalue weighted by Crippen LogP contribution is -2.33. The van der Waals surface area contributed by atoms with Crippen LogP contribution in [0.1, 0.15) is 10.4 Å². The molecule has 0 aliphatic rings. The smallest absolute Gasteiger partial charge is 0.265 e. The number of carbonyl (C=O) groups excluding carboxylic acids is 1. The quantitative estimate of drug-likeness (QED) is 0.350. The highest BCUT2D eigenvalue weighted by atomic mass is 127. The molecule has 4 nitrogen and oxygen atoms in total. The average Bonchev–Trinajstić information content (AvgIpc) is 2.63. The molecule has 0 radical (unpaired) electrons. The Balaban J connectivity index is 2.07. The zero-order valence-corrected chi connectivity index (χ0v) is 17.1. The minimum atomic E-state index is -0.211. The summed E-state index contributed by atoms with van der Waals surface area (Å²) in [4.78, 5) is 14.3. The molecule has 2 aromatic rings. The lowest BCUT2D eigenvalue weighted by Gasteiger charge is -2.21. The van der Waals surface area contributed by atoms with Crippen molar-refractivity contribution in [2.45, 2.75) is 0 Å². The van der Waals surface area contributed by atoms with Crippen molar-refractivity contribution in [2.24, 2.45) is 0 Å². The van der Waals surface area contributed by atoms with Gasteiger partial charge in [-0.3, -0.25) is 4.79 Å². The van der Waals surface area contributed by atoms with E-state index in [1.54, 1.807) is 36.4 Å². The molecule has 0 fully saturated rings. The third kappa shape index (κ3) is 5.96. The highest BCUT2D eigenvalue weighted by Gasteiger charge is 2.11. The second kappa shape index (κ2) is 10.1. The summed E-state index contributed by atoms with van der Waals surface area (Å²) in [6.07, 6.45) is 3.48. The third-order valence-electron chi connectivity index (χ3n) is 3.36. The highest BCUT2D eigenvalue weighted by Crippen LogP contribution is 2.17. The molecule has 6 heteroatoms. The summed E-state index contributed by atoms with van der Waals surface area (Å²) >= 11 is 7.54. The molecule has 2 aromatic carbocycles. The minimum absolute atomic E-state index is 0.211. The van der Waals surface area contributed by atoms with Crippen molar-refractivity contribution in [1.82, 2.24) is 4.90 Å². The van der Waals surface area contributed by atoms with Crippen molar-refractivity contribution < 1.29 is 9.53 Å². The predicted molar refractivity (Wildman–Crippen MR) is 119 cm³/mol. The summed E-state index contributed by atoms with van der Waals surface area (Å²) in [6.45, 7) is 8.53. The van der Waals surface area contributed by atoms with Crippen molar-refractivity contribution in [1.29, 1.82) is 0 Å². The first kappa shape index (κ1) is 20.1. The van der Waals surface area contributed by atoms with Gasteiger partial charge in [0.2, 0.25) is 0 Å². The van der Waals surface area contributed by atoms with Crippen LogP contribution in [0.25, 0.3) is 0 Å². The van der Waals surface area contributed by atoms with Crippen LogP contribution >= 0.6 is 34.8 Å². The highest BCUT2D eigenvalue weighted by molar-refractivity contribution is 14.1. The van der Waals surface area contributed by atoms with Crippen LogP contribution in [-0.4, -0.2) is 29.1 Å². The van der Waals surface area contributed by atoms with E-state index in [1.165, 1.54) is 0 Å². The topological polar surface area (TPSA) is 41.6 Å². The second-order valence-electron chi connectivity index (χ2n) is 5.34. The largest absolute Gasteiger partial charge is 0.432 e. The van der Waals surface area contributed by atoms with Crippen molar-refractivity contribution in [3.8, 4) is 5.75 Å². The maximum atomic E-state index is 12.4. The monoisotopic (exact) mass is 478 g/mol. The normalized spacial score (nSPS) is 9.88. The molecule has 0 saturated heterocycles. The van der Waals surface area contributed by atoms with E-state index in [9.17, 15) is 4.79 Å². The molecule has 2 rings (SSSR count). The van der Waals surface area contributed by atoms with E-state index in [1.807, 2.05) is 29.2 Å². The van der Waals surface area contributed by atoms with Crippen LogP contribution in [0.4, 0.5) is 5.69 Å². The van der Waals surface area contributed by atoms with Crippen molar-refractivity contribution in [3.05, 3.63) is 83.0 Å². The lowest BCUT2D eigenvalue weighted by atomic mass is 10.2. The number of nitrogens with zero attached hydrogens (tertiary/aromatic N) is 1. The first-order chi connectivity index (χ1) is 12.5. The Hall–Kier alpha value is -2.19. The number of anilines is 1. The number of amides is 1. The van der Waals surface area contributed by atoms with Gasteiger partial charge in [-0.2, -0.15) is 0 Å². The van der Waals surface area contributed by atoms with Crippen LogP contribution in [-0.2, 0) is 0 Å². The van der Waals surface area contributed by atoms with Crippen LogP contribution in [0.3, 0.4) is 0 Å². The lowest BCUT2D eigenvalue weighted by molar-refractivity contribution is 0.102. The van der Waals surface area contributed by atoms with Gasteiger partial charge in [0, 0.05) is 27.9 Å². The number of carbonyl (C=O) groups is 1. The fraction of sp³-hybridized carbons (Fsp3) is 0.100. The van der Waals surface area contributed by atoms with E-state index in [4.69, 9.17) is 17.0 Å². The van der Waals surface area contributed by atoms with Gasteiger partial charge in [0.15, 0.2) is 0 Å². The maximum Gasteiger partial charge on any atom is 0.265 e. The van der Waals surface area contributed by atoms with Crippen LogP contribution < -0.4 is 10.1 Å². The van der Waals surface area contributed by atoms with E-state index >= 15 is 0 Å². The fourth-order valence-electron chi connectivity index (χ4n) is 2.14. The molecule has 26 heavy (non-hydrogen) atoms. The summed E-state index contributed by atoms with van der Waals surface area (Å²) in [6, 6.07) is 14.5. The first-order valence-corrected chi connectivity index (χ1v) is 9.37. The number of nitrogens with one attached hydrogen (secondary N) is 1. The van der Waals surface area contributed by atoms with Gasteiger partial charge >= 0.3 is 0 Å². The summed E-state index contributed by atoms with van der Waals surface area (Å²) in [7, 11) is 0. The third-order valence-corrected chi connectivity index (χ3v) is 4.42. The van der Waals surface area contributed by atoms with Gasteiger partial charge in [-0.1, -0.05) is 18.2 Å². The molecular weight excluding hydrogens is 459 g/mol. The molecule has 134 valence electrons. The predicted octanol–water partition coefficient (Wildman–Crippen LogP) is 4.88. The summed E-state index contributed by atoms with van der Waals surface area (Å²) < 4.78 is 6.82. The van der Waals surface area contributed by atoms with Crippen LogP contribution in [0.5, 0.6) is 5.75 Å². The second-order valence-corrected chi connectivity index (χ2v) is 6.93. The average molecular weight is 478 g/mol. The molecule has 0 atom stereocenters. The number of hydrogen-bond donors (Lipinski definition) is 1. The Kier molecular flexibility index (Phi) is 7.80. The molecule has 0 aromatic heterocycles. The zero-order valence-electron chi connectivity index (χ0n) is 14.2. The molecule has 0 aliphatic carbocycles. The van der Waals surface area contributed by atoms with Crippen molar-refractivity contribution >= 4 is 51.6 Å². The zero-order chi connectivity index (χ0) is 18.9. The van der Waals surface area contributed by atoms with Crippen LogP contribution in [0.2, 0.25) is 0 Å². The van der Waals surface area contributed by atoms with Gasteiger partial charge in [0.25, 0.3) is 11.1 Å². The fourth-order valence-corrected chi connectivity index (χ4v) is 2.74. The summed E-state index contributed by atoms with van der Waals surface area (Å²) in [5.41, 5.74) is 1.23. The number of ether oxygens (including phenoxy) is 1. The van der Waals surface area contributed by atoms with Crippen LogP contribution in [0, 0.1) is 3.57 Å². The van der Waals surface area contributed by atoms with Crippen LogP contribution in [0.15, 0.2) is 73.8 Å². The number of thiocarbonyl (C=S) groups is 1. The number of halogens is 1. The van der Waals surface area contributed by atoms with E-state index in [0.717, 1.165) is 9.26 Å². The summed E-state index contributed by atoms with van der Waals surface area (Å²) in [5, 5.41) is 3.17. The molecule has 0 saturated carbocycles. The van der Waals surface area contributed by atoms with E-state index in [0.29, 0.717) is 29.6 Å². The van der Waals surface area contributed by atoms with E-state index in [2.05, 4.69) is 41.1 Å². The Labute approximate surface area is 172 Å². The van der Waals surface area contributed by atoms with Gasteiger partial charge in [-0.05, 0) is 77.3 Å². The number of rotatable bonds is 7. The standard InChI is InChI=1S/C20H19IN2O2S/c1-3-12-23(13-4-2)20(26)25-18-7-5-6-15(14-18)19(24)22-17-10-8-16(21)9-11-17/h3-11,14H,1-2,12-13H2,(H,22,24). The molecule has 1 amide bonds. The molecule has 0 heterocycles. The maximum absolute atomic E-state index is 12.4. The van der Waals surface area contributed by atoms with Gasteiger partial charge in [0.1, 0.15) is 5.75 Å². The van der Waals surface area contributed by atoms with Gasteiger partial charge < -0.3 is 15.0 Å². The molecule has 1 N–H and O–H groups in total. The molecule has 0 bridgehead atoms. The first-order valence-electron chi connectivity index (χ1n) is 7.89. The molecular formula is C20H19IN2O2S. The van der Waals surface area contributed by atoms with Crippen molar-refractivity contribution in [2.75, 3.05) is 18.4 Å². The SMILES string of the molecule is C=CCN(CC=C)C(=S)Oc1cccc(C(=O)Nc2ccc(I)cc2)c1. The Morgan fingerprint density at radius 2 is 1.81 bits per heavy atom. The number of hydrogen-bond acceptors (Lipinski definition) is 3. The van der Waals surface area contributed by atoms with E-state index < -0.39 is 0 Å². The molecule has 0 spiro atoms. The molecule has 0 unspecified atom stereocenters. The minimum Gasteiger partial charge on any atom is -0.432 e. The van der Waals surface area contributed by atoms with Gasteiger partial charge in [-0.25, -0.2) is 0 Å².